The number of hydrogen-bond donors (Lipinski definition) is 2. The van der Waals surface area contributed by atoms with Gasteiger partial charge in [-0.25, -0.2) is 0 Å². The van der Waals surface area contributed by atoms with Crippen LogP contribution in [-0.4, -0.2) is 21.7 Å². The number of aryl methyl sites for hydroxylation is 1. The molecule has 6 nitrogen and oxygen atoms in total. The number of amides is 1. The molecule has 6 heteroatoms. The second-order valence-corrected chi connectivity index (χ2v) is 7.14. The number of hydrogen-bond acceptors (Lipinski definition) is 4. The van der Waals surface area contributed by atoms with Crippen LogP contribution in [0, 0.1) is 5.92 Å². The standard InChI is InChI=1S/C18H24N4O2/c1-11-7-14(11)16-5-3-13(24-16)9-19-15-4-6-17(23)21-18(15)12-8-20-22(2)10-12/h3,5,8,10-11,14-15,18-19H,4,6-7,9H2,1-2H3,(H,21,23)/t11-,14+,15-,18+/m1/s1. The number of nitrogens with one attached hydrogen (secondary N) is 2. The fourth-order valence-electron chi connectivity index (χ4n) is 3.57. The number of aromatic nitrogens is 2. The summed E-state index contributed by atoms with van der Waals surface area (Å²) >= 11 is 0. The first-order valence-corrected chi connectivity index (χ1v) is 8.70. The molecular formula is C18H24N4O2. The van der Waals surface area contributed by atoms with Crippen LogP contribution in [0.2, 0.25) is 0 Å². The first-order chi connectivity index (χ1) is 11.6. The van der Waals surface area contributed by atoms with Gasteiger partial charge in [0.15, 0.2) is 0 Å². The van der Waals surface area contributed by atoms with E-state index in [0.29, 0.717) is 18.9 Å². The zero-order valence-electron chi connectivity index (χ0n) is 14.2. The van der Waals surface area contributed by atoms with Crippen molar-refractivity contribution in [2.75, 3.05) is 0 Å². The number of carbonyl (C=O) groups excluding carboxylic acids is 1. The molecule has 4 rings (SSSR count). The third-order valence-electron chi connectivity index (χ3n) is 5.18. The smallest absolute Gasteiger partial charge is 0.220 e. The van der Waals surface area contributed by atoms with Crippen LogP contribution in [0.15, 0.2) is 28.9 Å². The molecule has 24 heavy (non-hydrogen) atoms. The van der Waals surface area contributed by atoms with Gasteiger partial charge in [0, 0.05) is 37.2 Å². The number of nitrogens with zero attached hydrogens (tertiary/aromatic N) is 2. The van der Waals surface area contributed by atoms with Crippen molar-refractivity contribution in [1.29, 1.82) is 0 Å². The summed E-state index contributed by atoms with van der Waals surface area (Å²) in [5, 5.41) is 10.9. The monoisotopic (exact) mass is 328 g/mol. The minimum absolute atomic E-state index is 0.0437. The number of rotatable bonds is 5. The van der Waals surface area contributed by atoms with Gasteiger partial charge < -0.3 is 15.1 Å². The van der Waals surface area contributed by atoms with Gasteiger partial charge in [0.1, 0.15) is 11.5 Å². The number of furan rings is 1. The third-order valence-corrected chi connectivity index (χ3v) is 5.18. The van der Waals surface area contributed by atoms with Gasteiger partial charge in [0.2, 0.25) is 5.91 Å². The minimum atomic E-state index is -0.0437. The predicted octanol–water partition coefficient (Wildman–Crippen LogP) is 2.25. The zero-order chi connectivity index (χ0) is 16.7. The summed E-state index contributed by atoms with van der Waals surface area (Å²) in [5.41, 5.74) is 1.04. The average Bonchev–Trinajstić information content (AvgIpc) is 2.97. The van der Waals surface area contributed by atoms with Gasteiger partial charge in [-0.05, 0) is 30.9 Å². The van der Waals surface area contributed by atoms with Crippen LogP contribution in [0.25, 0.3) is 0 Å². The van der Waals surface area contributed by atoms with E-state index in [2.05, 4.69) is 34.8 Å². The van der Waals surface area contributed by atoms with E-state index >= 15 is 0 Å². The van der Waals surface area contributed by atoms with Crippen molar-refractivity contribution in [2.45, 2.75) is 50.7 Å². The molecular weight excluding hydrogens is 304 g/mol. The lowest BCUT2D eigenvalue weighted by Crippen LogP contribution is -2.48. The highest BCUT2D eigenvalue weighted by atomic mass is 16.3. The molecule has 0 aromatic carbocycles. The second-order valence-electron chi connectivity index (χ2n) is 7.14. The van der Waals surface area contributed by atoms with Crippen molar-refractivity contribution in [3.63, 3.8) is 0 Å². The van der Waals surface area contributed by atoms with E-state index in [-0.39, 0.29) is 18.0 Å². The minimum Gasteiger partial charge on any atom is -0.464 e. The van der Waals surface area contributed by atoms with Gasteiger partial charge in [0.25, 0.3) is 0 Å². The molecule has 2 aliphatic rings. The summed E-state index contributed by atoms with van der Waals surface area (Å²) in [7, 11) is 1.89. The van der Waals surface area contributed by atoms with Crippen molar-refractivity contribution in [2.24, 2.45) is 13.0 Å². The number of piperidine rings is 1. The quantitative estimate of drug-likeness (QED) is 0.883. The lowest BCUT2D eigenvalue weighted by Gasteiger charge is -2.32. The van der Waals surface area contributed by atoms with Crippen LogP contribution in [0.5, 0.6) is 0 Å². The van der Waals surface area contributed by atoms with E-state index in [1.165, 1.54) is 6.42 Å². The molecule has 1 aliphatic carbocycles. The van der Waals surface area contributed by atoms with Crippen LogP contribution in [0.1, 0.15) is 55.2 Å². The number of carbonyl (C=O) groups is 1. The SMILES string of the molecule is C[C@@H]1C[C@@H]1c1ccc(CN[C@@H]2CCC(=O)N[C@H]2c2cnn(C)c2)o1. The Bertz CT molecular complexity index is 735. The van der Waals surface area contributed by atoms with Crippen molar-refractivity contribution in [3.8, 4) is 0 Å². The Morgan fingerprint density at radius 3 is 3.00 bits per heavy atom. The average molecular weight is 328 g/mol. The molecule has 2 aromatic heterocycles. The second kappa shape index (κ2) is 6.09. The largest absolute Gasteiger partial charge is 0.464 e. The summed E-state index contributed by atoms with van der Waals surface area (Å²) in [6.45, 7) is 2.94. The fourth-order valence-corrected chi connectivity index (χ4v) is 3.57. The maximum atomic E-state index is 11.8. The molecule has 0 unspecified atom stereocenters. The molecule has 1 amide bonds. The van der Waals surface area contributed by atoms with Gasteiger partial charge in [-0.15, -0.1) is 0 Å². The highest BCUT2D eigenvalue weighted by Crippen LogP contribution is 2.47. The Morgan fingerprint density at radius 2 is 2.29 bits per heavy atom. The Balaban J connectivity index is 1.41. The van der Waals surface area contributed by atoms with E-state index in [4.69, 9.17) is 4.42 Å². The molecule has 2 N–H and O–H groups in total. The molecule has 1 saturated heterocycles. The topological polar surface area (TPSA) is 72.1 Å². The van der Waals surface area contributed by atoms with E-state index in [1.54, 1.807) is 4.68 Å². The van der Waals surface area contributed by atoms with Crippen molar-refractivity contribution in [1.82, 2.24) is 20.4 Å². The Hall–Kier alpha value is -2.08. The molecule has 128 valence electrons. The molecule has 2 fully saturated rings. The lowest BCUT2D eigenvalue weighted by atomic mass is 9.93. The van der Waals surface area contributed by atoms with Crippen LogP contribution in [0.4, 0.5) is 0 Å². The van der Waals surface area contributed by atoms with Crippen LogP contribution >= 0.6 is 0 Å². The molecule has 0 radical (unpaired) electrons. The zero-order valence-corrected chi connectivity index (χ0v) is 14.2. The maximum Gasteiger partial charge on any atom is 0.220 e. The molecule has 0 bridgehead atoms. The predicted molar refractivity (Wildman–Crippen MR) is 89.2 cm³/mol. The fraction of sp³-hybridized carbons (Fsp3) is 0.556. The van der Waals surface area contributed by atoms with E-state index in [9.17, 15) is 4.79 Å². The van der Waals surface area contributed by atoms with Gasteiger partial charge >= 0.3 is 0 Å². The van der Waals surface area contributed by atoms with E-state index < -0.39 is 0 Å². The maximum absolute atomic E-state index is 11.8. The normalized spacial score (nSPS) is 29.5. The molecule has 2 aromatic rings. The Labute approximate surface area is 141 Å². The Morgan fingerprint density at radius 1 is 1.46 bits per heavy atom. The highest BCUT2D eigenvalue weighted by molar-refractivity contribution is 5.77. The van der Waals surface area contributed by atoms with Crippen molar-refractivity contribution in [3.05, 3.63) is 41.6 Å². The molecule has 0 spiro atoms. The summed E-state index contributed by atoms with van der Waals surface area (Å²) in [6.07, 6.45) is 6.39. The lowest BCUT2D eigenvalue weighted by molar-refractivity contribution is -0.123. The van der Waals surface area contributed by atoms with E-state index in [0.717, 1.165) is 29.4 Å². The van der Waals surface area contributed by atoms with Crippen LogP contribution in [0.3, 0.4) is 0 Å². The van der Waals surface area contributed by atoms with Gasteiger partial charge in [-0.2, -0.15) is 5.10 Å². The van der Waals surface area contributed by atoms with E-state index in [1.807, 2.05) is 19.4 Å². The molecule has 4 atom stereocenters. The first-order valence-electron chi connectivity index (χ1n) is 8.70. The van der Waals surface area contributed by atoms with Crippen molar-refractivity contribution >= 4 is 5.91 Å². The van der Waals surface area contributed by atoms with Crippen LogP contribution < -0.4 is 10.6 Å². The first kappa shape index (κ1) is 15.4. The van der Waals surface area contributed by atoms with Crippen LogP contribution in [-0.2, 0) is 18.4 Å². The molecule has 3 heterocycles. The summed E-state index contributed by atoms with van der Waals surface area (Å²) < 4.78 is 7.74. The van der Waals surface area contributed by atoms with Gasteiger partial charge in [0.05, 0.1) is 18.8 Å². The third kappa shape index (κ3) is 3.11. The summed E-state index contributed by atoms with van der Waals surface area (Å²) in [4.78, 5) is 11.8. The van der Waals surface area contributed by atoms with Crippen molar-refractivity contribution < 1.29 is 9.21 Å². The molecule has 1 aliphatic heterocycles. The summed E-state index contributed by atoms with van der Waals surface area (Å²) in [6, 6.07) is 4.30. The molecule has 1 saturated carbocycles. The highest BCUT2D eigenvalue weighted by Gasteiger charge is 2.36. The van der Waals surface area contributed by atoms with Gasteiger partial charge in [-0.1, -0.05) is 6.92 Å². The Kier molecular flexibility index (Phi) is 3.92. The summed E-state index contributed by atoms with van der Waals surface area (Å²) in [5.74, 6) is 3.53. The van der Waals surface area contributed by atoms with Gasteiger partial charge in [-0.3, -0.25) is 9.48 Å².